The van der Waals surface area contributed by atoms with Crippen molar-refractivity contribution in [2.75, 3.05) is 6.54 Å². The van der Waals surface area contributed by atoms with Gasteiger partial charge in [-0.25, -0.2) is 9.97 Å². The number of carbonyl (C=O) groups excluding carboxylic acids is 1. The number of benzene rings is 2. The van der Waals surface area contributed by atoms with Crippen LogP contribution in [0.4, 0.5) is 0 Å². The van der Waals surface area contributed by atoms with Crippen LogP contribution in [0.1, 0.15) is 15.9 Å². The SMILES string of the molecule is O=C(NCCc1ccc(Cl)cc1)c1ccc2nc(-c3cccnc3Cl)oc2c1. The number of fused-ring (bicyclic) bond motifs is 1. The molecule has 1 N–H and O–H groups in total. The predicted molar refractivity (Wildman–Crippen MR) is 110 cm³/mol. The van der Waals surface area contributed by atoms with Crippen molar-refractivity contribution < 1.29 is 9.21 Å². The van der Waals surface area contributed by atoms with E-state index >= 15 is 0 Å². The van der Waals surface area contributed by atoms with E-state index in [0.29, 0.717) is 44.8 Å². The molecule has 2 aromatic carbocycles. The van der Waals surface area contributed by atoms with Crippen molar-refractivity contribution in [1.29, 1.82) is 0 Å². The first-order chi connectivity index (χ1) is 13.6. The van der Waals surface area contributed by atoms with Crippen molar-refractivity contribution in [3.05, 3.63) is 82.1 Å². The summed E-state index contributed by atoms with van der Waals surface area (Å²) < 4.78 is 5.78. The smallest absolute Gasteiger partial charge is 0.251 e. The standard InChI is InChI=1S/C21H15Cl2N3O2/c22-15-6-3-13(4-7-15)9-11-25-20(27)14-5-8-17-18(12-14)28-21(26-17)16-2-1-10-24-19(16)23/h1-8,10,12H,9,11H2,(H,25,27). The Balaban J connectivity index is 1.47. The van der Waals surface area contributed by atoms with Gasteiger partial charge < -0.3 is 9.73 Å². The summed E-state index contributed by atoms with van der Waals surface area (Å²) in [5.41, 5.74) is 3.37. The van der Waals surface area contributed by atoms with E-state index in [9.17, 15) is 4.79 Å². The number of hydrogen-bond donors (Lipinski definition) is 1. The van der Waals surface area contributed by atoms with Crippen LogP contribution in [0, 0.1) is 0 Å². The Morgan fingerprint density at radius 3 is 2.68 bits per heavy atom. The molecule has 0 unspecified atom stereocenters. The highest BCUT2D eigenvalue weighted by molar-refractivity contribution is 6.32. The summed E-state index contributed by atoms with van der Waals surface area (Å²) in [6.07, 6.45) is 2.32. The second-order valence-corrected chi connectivity index (χ2v) is 6.97. The summed E-state index contributed by atoms with van der Waals surface area (Å²) in [6.45, 7) is 0.519. The lowest BCUT2D eigenvalue weighted by molar-refractivity contribution is 0.0954. The summed E-state index contributed by atoms with van der Waals surface area (Å²) in [5, 5.41) is 3.92. The molecule has 7 heteroatoms. The van der Waals surface area contributed by atoms with Crippen LogP contribution < -0.4 is 5.32 Å². The molecule has 0 atom stereocenters. The molecule has 0 fully saturated rings. The zero-order chi connectivity index (χ0) is 19.5. The average Bonchev–Trinajstić information content (AvgIpc) is 3.12. The van der Waals surface area contributed by atoms with Gasteiger partial charge in [-0.1, -0.05) is 35.3 Å². The number of carbonyl (C=O) groups is 1. The minimum Gasteiger partial charge on any atom is -0.436 e. The molecule has 0 bridgehead atoms. The van der Waals surface area contributed by atoms with Crippen molar-refractivity contribution in [2.45, 2.75) is 6.42 Å². The van der Waals surface area contributed by atoms with Gasteiger partial charge in [0, 0.05) is 23.3 Å². The first-order valence-corrected chi connectivity index (χ1v) is 9.40. The monoisotopic (exact) mass is 411 g/mol. The normalized spacial score (nSPS) is 10.9. The van der Waals surface area contributed by atoms with Crippen LogP contribution in [-0.2, 0) is 6.42 Å². The lowest BCUT2D eigenvalue weighted by Gasteiger charge is -2.05. The van der Waals surface area contributed by atoms with Gasteiger partial charge in [0.15, 0.2) is 5.58 Å². The first-order valence-electron chi connectivity index (χ1n) is 8.64. The number of aromatic nitrogens is 2. The van der Waals surface area contributed by atoms with Gasteiger partial charge in [0.25, 0.3) is 5.91 Å². The summed E-state index contributed by atoms with van der Waals surface area (Å²) in [4.78, 5) is 20.9. The third-order valence-corrected chi connectivity index (χ3v) is 4.81. The molecule has 0 aliphatic carbocycles. The Hall–Kier alpha value is -2.89. The molecule has 4 rings (SSSR count). The number of nitrogens with one attached hydrogen (secondary N) is 1. The van der Waals surface area contributed by atoms with E-state index in [4.69, 9.17) is 27.6 Å². The zero-order valence-corrected chi connectivity index (χ0v) is 16.2. The Morgan fingerprint density at radius 1 is 1.07 bits per heavy atom. The molecule has 4 aromatic rings. The van der Waals surface area contributed by atoms with Gasteiger partial charge >= 0.3 is 0 Å². The molecule has 0 saturated heterocycles. The predicted octanol–water partition coefficient (Wildman–Crippen LogP) is 5.17. The van der Waals surface area contributed by atoms with Crippen LogP contribution in [0.5, 0.6) is 0 Å². The van der Waals surface area contributed by atoms with Crippen molar-refractivity contribution in [3.8, 4) is 11.5 Å². The fraction of sp³-hybridized carbons (Fsp3) is 0.0952. The molecule has 2 heterocycles. The molecule has 0 aliphatic rings. The second-order valence-electron chi connectivity index (χ2n) is 6.18. The Bertz CT molecular complexity index is 1140. The summed E-state index contributed by atoms with van der Waals surface area (Å²) in [6, 6.07) is 16.2. The third-order valence-electron chi connectivity index (χ3n) is 4.25. The highest BCUT2D eigenvalue weighted by atomic mass is 35.5. The number of amides is 1. The van der Waals surface area contributed by atoms with Crippen molar-refractivity contribution in [3.63, 3.8) is 0 Å². The lowest BCUT2D eigenvalue weighted by atomic mass is 10.1. The van der Waals surface area contributed by atoms with Crippen LogP contribution in [0.15, 0.2) is 65.2 Å². The zero-order valence-electron chi connectivity index (χ0n) is 14.7. The molecular formula is C21H15Cl2N3O2. The molecule has 0 spiro atoms. The first kappa shape index (κ1) is 18.5. The summed E-state index contributed by atoms with van der Waals surface area (Å²) >= 11 is 12.0. The number of hydrogen-bond acceptors (Lipinski definition) is 4. The van der Waals surface area contributed by atoms with Crippen LogP contribution >= 0.6 is 23.2 Å². The number of pyridine rings is 1. The fourth-order valence-corrected chi connectivity index (χ4v) is 3.13. The van der Waals surface area contributed by atoms with E-state index in [0.717, 1.165) is 12.0 Å². The summed E-state index contributed by atoms with van der Waals surface area (Å²) in [7, 11) is 0. The number of halogens is 2. The average molecular weight is 412 g/mol. The quantitative estimate of drug-likeness (QED) is 0.460. The number of oxazole rings is 1. The molecule has 0 aliphatic heterocycles. The van der Waals surface area contributed by atoms with Crippen LogP contribution in [0.3, 0.4) is 0 Å². The van der Waals surface area contributed by atoms with E-state index < -0.39 is 0 Å². The molecular weight excluding hydrogens is 397 g/mol. The van der Waals surface area contributed by atoms with Gasteiger partial charge in [-0.05, 0) is 54.4 Å². The Morgan fingerprint density at radius 2 is 1.89 bits per heavy atom. The largest absolute Gasteiger partial charge is 0.436 e. The second kappa shape index (κ2) is 8.00. The van der Waals surface area contributed by atoms with Crippen molar-refractivity contribution >= 4 is 40.2 Å². The minimum atomic E-state index is -0.173. The van der Waals surface area contributed by atoms with Gasteiger partial charge in [0.05, 0.1) is 5.56 Å². The highest BCUT2D eigenvalue weighted by Crippen LogP contribution is 2.28. The topological polar surface area (TPSA) is 68.0 Å². The molecule has 0 radical (unpaired) electrons. The van der Waals surface area contributed by atoms with Crippen LogP contribution in [0.25, 0.3) is 22.6 Å². The van der Waals surface area contributed by atoms with Crippen LogP contribution in [-0.4, -0.2) is 22.4 Å². The van der Waals surface area contributed by atoms with E-state index in [2.05, 4.69) is 15.3 Å². The van der Waals surface area contributed by atoms with Gasteiger partial charge in [0.1, 0.15) is 10.7 Å². The third kappa shape index (κ3) is 4.01. The van der Waals surface area contributed by atoms with Gasteiger partial charge in [-0.3, -0.25) is 4.79 Å². The Labute approximate surface area is 171 Å². The number of rotatable bonds is 5. The maximum absolute atomic E-state index is 12.4. The molecule has 2 aromatic heterocycles. The molecule has 1 amide bonds. The highest BCUT2D eigenvalue weighted by Gasteiger charge is 2.14. The van der Waals surface area contributed by atoms with Crippen molar-refractivity contribution in [2.24, 2.45) is 0 Å². The van der Waals surface area contributed by atoms with Gasteiger partial charge in [0.2, 0.25) is 5.89 Å². The Kier molecular flexibility index (Phi) is 5.28. The van der Waals surface area contributed by atoms with Gasteiger partial charge in [-0.15, -0.1) is 0 Å². The fourth-order valence-electron chi connectivity index (χ4n) is 2.80. The molecule has 0 saturated carbocycles. The van der Waals surface area contributed by atoms with Gasteiger partial charge in [-0.2, -0.15) is 0 Å². The molecule has 5 nitrogen and oxygen atoms in total. The minimum absolute atomic E-state index is 0.173. The van der Waals surface area contributed by atoms with E-state index in [-0.39, 0.29) is 5.91 Å². The molecule has 28 heavy (non-hydrogen) atoms. The molecule has 140 valence electrons. The van der Waals surface area contributed by atoms with Crippen molar-refractivity contribution in [1.82, 2.24) is 15.3 Å². The number of nitrogens with zero attached hydrogens (tertiary/aromatic N) is 2. The van der Waals surface area contributed by atoms with E-state index in [1.807, 2.05) is 24.3 Å². The van der Waals surface area contributed by atoms with E-state index in [1.165, 1.54) is 0 Å². The lowest BCUT2D eigenvalue weighted by Crippen LogP contribution is -2.25. The van der Waals surface area contributed by atoms with Crippen LogP contribution in [0.2, 0.25) is 10.2 Å². The van der Waals surface area contributed by atoms with E-state index in [1.54, 1.807) is 36.5 Å². The maximum Gasteiger partial charge on any atom is 0.251 e. The summed E-state index contributed by atoms with van der Waals surface area (Å²) in [5.74, 6) is 0.196. The maximum atomic E-state index is 12.4.